The topological polar surface area (TPSA) is 29.5 Å². The van der Waals surface area contributed by atoms with Gasteiger partial charge in [0.15, 0.2) is 0 Å². The second-order valence-corrected chi connectivity index (χ2v) is 14.7. The van der Waals surface area contributed by atoms with Crippen LogP contribution in [-0.4, -0.2) is 20.0 Å². The van der Waals surface area contributed by atoms with Gasteiger partial charge in [-0.25, -0.2) is 0 Å². The van der Waals surface area contributed by atoms with Crippen molar-refractivity contribution in [2.75, 3.05) is 6.61 Å². The highest BCUT2D eigenvalue weighted by molar-refractivity contribution is 6.99. The van der Waals surface area contributed by atoms with Crippen molar-refractivity contribution in [1.29, 1.82) is 0 Å². The molecule has 0 fully saturated rings. The van der Waals surface area contributed by atoms with Crippen molar-refractivity contribution in [3.05, 3.63) is 144 Å². The van der Waals surface area contributed by atoms with Crippen LogP contribution in [0.3, 0.4) is 0 Å². The number of hydrogen-bond donors (Lipinski definition) is 1. The van der Waals surface area contributed by atoms with E-state index in [4.69, 9.17) is 4.43 Å². The van der Waals surface area contributed by atoms with Gasteiger partial charge in [-0.3, -0.25) is 0 Å². The van der Waals surface area contributed by atoms with Crippen molar-refractivity contribution < 1.29 is 9.53 Å². The third-order valence-corrected chi connectivity index (χ3v) is 11.8. The zero-order valence-corrected chi connectivity index (χ0v) is 23.5. The third kappa shape index (κ3) is 6.60. The predicted molar refractivity (Wildman–Crippen MR) is 161 cm³/mol. The monoisotopic (exact) mass is 516 g/mol. The van der Waals surface area contributed by atoms with Gasteiger partial charge in [0.25, 0.3) is 8.32 Å². The number of benzene rings is 4. The first kappa shape index (κ1) is 27.4. The van der Waals surface area contributed by atoms with E-state index in [-0.39, 0.29) is 5.04 Å². The quantitative estimate of drug-likeness (QED) is 0.123. The van der Waals surface area contributed by atoms with Crippen molar-refractivity contribution in [2.45, 2.75) is 38.3 Å². The minimum absolute atomic E-state index is 0.0515. The maximum Gasteiger partial charge on any atom is 0.261 e. The Balaban J connectivity index is 1.42. The summed E-state index contributed by atoms with van der Waals surface area (Å²) in [4.78, 5) is 0. The van der Waals surface area contributed by atoms with Crippen LogP contribution in [0, 0.1) is 11.8 Å². The second-order valence-electron chi connectivity index (χ2n) is 10.4. The Labute approximate surface area is 228 Å². The molecule has 1 N–H and O–H groups in total. The summed E-state index contributed by atoms with van der Waals surface area (Å²) < 4.78 is 6.92. The fraction of sp³-hybridized carbons (Fsp3) is 0.200. The van der Waals surface area contributed by atoms with Gasteiger partial charge >= 0.3 is 0 Å². The van der Waals surface area contributed by atoms with Gasteiger partial charge in [0.05, 0.1) is 6.10 Å². The number of aliphatic hydroxyl groups excluding tert-OH is 1. The molecule has 4 aromatic rings. The van der Waals surface area contributed by atoms with E-state index in [9.17, 15) is 5.11 Å². The van der Waals surface area contributed by atoms with Crippen LogP contribution >= 0.6 is 0 Å². The van der Waals surface area contributed by atoms with Gasteiger partial charge in [-0.1, -0.05) is 136 Å². The van der Waals surface area contributed by atoms with Gasteiger partial charge in [-0.2, -0.15) is 0 Å². The van der Waals surface area contributed by atoms with Crippen LogP contribution in [-0.2, 0) is 4.43 Å². The molecule has 0 bridgehead atoms. The molecule has 1 atom stereocenters. The first-order valence-electron chi connectivity index (χ1n) is 13.2. The zero-order chi connectivity index (χ0) is 26.8. The predicted octanol–water partition coefficient (Wildman–Crippen LogP) is 6.64. The number of hydrogen-bond acceptors (Lipinski definition) is 2. The lowest BCUT2D eigenvalue weighted by Crippen LogP contribution is -2.66. The molecule has 0 aliphatic carbocycles. The van der Waals surface area contributed by atoms with Gasteiger partial charge in [-0.05, 0) is 51.7 Å². The molecule has 4 aromatic carbocycles. The molecule has 3 heteroatoms. The molecule has 0 aliphatic rings. The summed E-state index contributed by atoms with van der Waals surface area (Å²) in [6, 6.07) is 39.1. The lowest BCUT2D eigenvalue weighted by atomic mass is 10.1. The van der Waals surface area contributed by atoms with Crippen LogP contribution in [0.1, 0.15) is 50.0 Å². The maximum atomic E-state index is 10.7. The average Bonchev–Trinajstić information content (AvgIpc) is 2.95. The Kier molecular flexibility index (Phi) is 9.15. The summed E-state index contributed by atoms with van der Waals surface area (Å²) in [7, 11) is -2.54. The fourth-order valence-electron chi connectivity index (χ4n) is 4.81. The molecular formula is C35H36O2Si. The average molecular weight is 517 g/mol. The smallest absolute Gasteiger partial charge is 0.261 e. The molecule has 38 heavy (non-hydrogen) atoms. The van der Waals surface area contributed by atoms with Crippen LogP contribution in [0.25, 0.3) is 0 Å². The fourth-order valence-corrected chi connectivity index (χ4v) is 9.39. The van der Waals surface area contributed by atoms with E-state index in [1.165, 1.54) is 10.4 Å². The zero-order valence-electron chi connectivity index (χ0n) is 22.5. The summed E-state index contributed by atoms with van der Waals surface area (Å²) in [6.45, 7) is 7.44. The molecule has 1 unspecified atom stereocenters. The molecule has 2 nitrogen and oxygen atoms in total. The van der Waals surface area contributed by atoms with Crippen LogP contribution in [0.4, 0.5) is 0 Å². The molecule has 4 rings (SSSR count). The Morgan fingerprint density at radius 3 is 1.68 bits per heavy atom. The molecular weight excluding hydrogens is 480 g/mol. The lowest BCUT2D eigenvalue weighted by molar-refractivity contribution is 0.228. The molecule has 192 valence electrons. The first-order valence-corrected chi connectivity index (χ1v) is 15.1. The van der Waals surface area contributed by atoms with E-state index in [0.29, 0.717) is 6.61 Å². The molecule has 0 aliphatic heterocycles. The third-order valence-electron chi connectivity index (χ3n) is 6.72. The SMILES string of the molecule is CC(C)(C)[Si](OCC/C=C\C(O)c1ccc(C#Cc2ccccc2)cc1)(c1ccccc1)c1ccccc1. The van der Waals surface area contributed by atoms with E-state index in [0.717, 1.165) is 23.1 Å². The number of aliphatic hydroxyl groups is 1. The minimum atomic E-state index is -2.54. The molecule has 0 spiro atoms. The molecule has 0 heterocycles. The molecule has 0 amide bonds. The Hall–Kier alpha value is -3.68. The standard InChI is InChI=1S/C35H36O2Si/c1-35(2,3)38(32-17-9-5-10-18-32,33-19-11-6-12-20-33)37-28-14-13-21-34(36)31-26-24-30(25-27-31)23-22-29-15-7-4-8-16-29/h4-13,15-21,24-27,34,36H,14,28H2,1-3H3/b21-13-. The summed E-state index contributed by atoms with van der Waals surface area (Å²) in [5.41, 5.74) is 2.76. The van der Waals surface area contributed by atoms with Crippen LogP contribution in [0.15, 0.2) is 127 Å². The highest BCUT2D eigenvalue weighted by Gasteiger charge is 2.49. The second kappa shape index (κ2) is 12.7. The Morgan fingerprint density at radius 2 is 1.18 bits per heavy atom. The highest BCUT2D eigenvalue weighted by atomic mass is 28.4. The van der Waals surface area contributed by atoms with E-state index in [2.05, 4.69) is 93.3 Å². The van der Waals surface area contributed by atoms with Crippen LogP contribution in [0.2, 0.25) is 5.04 Å². The lowest BCUT2D eigenvalue weighted by Gasteiger charge is -2.43. The largest absolute Gasteiger partial charge is 0.407 e. The Morgan fingerprint density at radius 1 is 0.711 bits per heavy atom. The van der Waals surface area contributed by atoms with E-state index in [1.807, 2.05) is 66.7 Å². The van der Waals surface area contributed by atoms with Crippen LogP contribution in [0.5, 0.6) is 0 Å². The van der Waals surface area contributed by atoms with Crippen molar-refractivity contribution in [3.63, 3.8) is 0 Å². The molecule has 0 aromatic heterocycles. The molecule has 0 saturated carbocycles. The summed E-state index contributed by atoms with van der Waals surface area (Å²) >= 11 is 0. The van der Waals surface area contributed by atoms with Crippen molar-refractivity contribution in [1.82, 2.24) is 0 Å². The van der Waals surface area contributed by atoms with Crippen molar-refractivity contribution in [3.8, 4) is 11.8 Å². The van der Waals surface area contributed by atoms with Gasteiger partial charge in [0.2, 0.25) is 0 Å². The first-order chi connectivity index (χ1) is 18.4. The van der Waals surface area contributed by atoms with Crippen molar-refractivity contribution >= 4 is 18.7 Å². The van der Waals surface area contributed by atoms with E-state index < -0.39 is 14.4 Å². The van der Waals surface area contributed by atoms with Gasteiger partial charge in [0.1, 0.15) is 0 Å². The normalized spacial score (nSPS) is 12.6. The van der Waals surface area contributed by atoms with Crippen LogP contribution < -0.4 is 10.4 Å². The van der Waals surface area contributed by atoms with Gasteiger partial charge in [-0.15, -0.1) is 0 Å². The summed E-state index contributed by atoms with van der Waals surface area (Å²) in [5, 5.41) is 13.2. The maximum absolute atomic E-state index is 10.7. The van der Waals surface area contributed by atoms with E-state index in [1.54, 1.807) is 0 Å². The Bertz CT molecular complexity index is 1320. The van der Waals surface area contributed by atoms with Crippen molar-refractivity contribution in [2.24, 2.45) is 0 Å². The summed E-state index contributed by atoms with van der Waals surface area (Å²) in [6.07, 6.45) is 3.92. The highest BCUT2D eigenvalue weighted by Crippen LogP contribution is 2.36. The minimum Gasteiger partial charge on any atom is -0.407 e. The number of rotatable bonds is 8. The van der Waals surface area contributed by atoms with Gasteiger partial charge < -0.3 is 9.53 Å². The van der Waals surface area contributed by atoms with E-state index >= 15 is 0 Å². The summed E-state index contributed by atoms with van der Waals surface area (Å²) in [5.74, 6) is 6.34. The molecule has 0 saturated heterocycles. The van der Waals surface area contributed by atoms with Gasteiger partial charge in [0, 0.05) is 17.7 Å². The molecule has 0 radical (unpaired) electrons.